The van der Waals surface area contributed by atoms with Gasteiger partial charge in [-0.1, -0.05) is 72.5 Å². The van der Waals surface area contributed by atoms with Gasteiger partial charge in [-0.25, -0.2) is 0 Å². The summed E-state index contributed by atoms with van der Waals surface area (Å²) in [4.78, 5) is 91.3. The fraction of sp³-hybridized carbons (Fsp3) is 0.469. The maximum absolute atomic E-state index is 14.6. The van der Waals surface area contributed by atoms with Crippen molar-refractivity contribution in [1.82, 2.24) is 40.9 Å². The molecule has 0 radical (unpaired) electrons. The number of benzene rings is 4. The molecule has 438 valence electrons. The molecule has 0 spiro atoms. The number of amides is 6. The number of nitrogens with one attached hydrogen (secondary N) is 4. The quantitative estimate of drug-likeness (QED) is 0.0570. The van der Waals surface area contributed by atoms with Crippen LogP contribution in [0, 0.1) is 23.7 Å². The Morgan fingerprint density at radius 1 is 0.549 bits per heavy atom. The average molecular weight is 1120 g/mol. The van der Waals surface area contributed by atoms with Crippen LogP contribution in [0.1, 0.15) is 85.2 Å². The highest BCUT2D eigenvalue weighted by Crippen LogP contribution is 2.25. The topological polar surface area (TPSA) is 200 Å². The zero-order chi connectivity index (χ0) is 59.0. The van der Waals surface area contributed by atoms with Gasteiger partial charge in [-0.2, -0.15) is 0 Å². The lowest BCUT2D eigenvalue weighted by molar-refractivity contribution is -0.141. The van der Waals surface area contributed by atoms with Crippen LogP contribution in [0.4, 0.5) is 0 Å². The molecule has 4 N–H and O–H groups in total. The van der Waals surface area contributed by atoms with Gasteiger partial charge in [0.15, 0.2) is 0 Å². The van der Waals surface area contributed by atoms with E-state index in [1.54, 1.807) is 124 Å². The molecule has 0 aliphatic carbocycles. The molecule has 6 rings (SSSR count). The second-order valence-electron chi connectivity index (χ2n) is 20.7. The van der Waals surface area contributed by atoms with Crippen molar-refractivity contribution in [2.24, 2.45) is 0 Å². The van der Waals surface area contributed by atoms with Crippen molar-refractivity contribution in [1.29, 1.82) is 0 Å². The molecular weight excluding hydrogens is 1040 g/mol. The summed E-state index contributed by atoms with van der Waals surface area (Å²) in [6.45, 7) is 8.94. The van der Waals surface area contributed by atoms with Gasteiger partial charge in [0.2, 0.25) is 23.6 Å². The van der Waals surface area contributed by atoms with Gasteiger partial charge in [0.25, 0.3) is 11.8 Å². The van der Waals surface area contributed by atoms with Gasteiger partial charge in [-0.3, -0.25) is 28.8 Å². The number of ether oxygens (including phenoxy) is 4. The van der Waals surface area contributed by atoms with E-state index in [2.05, 4.69) is 44.9 Å². The van der Waals surface area contributed by atoms with Crippen molar-refractivity contribution in [3.05, 3.63) is 131 Å². The SMILES string of the molecule is CN[C@@H](C)C(=O)N[C@H](C(=O)N1CCC[C@H]1CN(CCc1ccccc1)C(=O)c1ccc(OC)cc1)[C@@H](C)OCC#CC#CCO[C@H](C)[C@H](NC(=O)[C@H](C)NC)C(=O)N1CCC[C@H]1CN(CCc1ccccc1)C(=O)c1ccc(OC)cc1. The largest absolute Gasteiger partial charge is 0.497 e. The van der Waals surface area contributed by atoms with Crippen molar-refractivity contribution < 1.29 is 47.7 Å². The Labute approximate surface area is 484 Å². The van der Waals surface area contributed by atoms with Crippen LogP contribution in [0.15, 0.2) is 109 Å². The Balaban J connectivity index is 1.09. The number of rotatable bonds is 28. The van der Waals surface area contributed by atoms with Gasteiger partial charge in [0, 0.05) is 62.5 Å². The lowest BCUT2D eigenvalue weighted by atomic mass is 10.1. The fourth-order valence-electron chi connectivity index (χ4n) is 9.98. The summed E-state index contributed by atoms with van der Waals surface area (Å²) in [6.07, 6.45) is 2.42. The fourth-order valence-corrected chi connectivity index (χ4v) is 9.98. The molecule has 2 saturated heterocycles. The highest BCUT2D eigenvalue weighted by molar-refractivity contribution is 5.95. The predicted octanol–water partition coefficient (Wildman–Crippen LogP) is 4.76. The van der Waals surface area contributed by atoms with Crippen LogP contribution in [0.2, 0.25) is 0 Å². The molecule has 4 aromatic rings. The minimum Gasteiger partial charge on any atom is -0.497 e. The van der Waals surface area contributed by atoms with Crippen LogP contribution in [0.25, 0.3) is 0 Å². The highest BCUT2D eigenvalue weighted by atomic mass is 16.5. The number of hydrogen-bond acceptors (Lipinski definition) is 12. The molecule has 0 saturated carbocycles. The molecule has 4 aromatic carbocycles. The minimum atomic E-state index is -1.06. The molecule has 6 amide bonds. The smallest absolute Gasteiger partial charge is 0.253 e. The molecule has 0 bridgehead atoms. The van der Waals surface area contributed by atoms with Crippen molar-refractivity contribution in [3.8, 4) is 35.2 Å². The predicted molar refractivity (Wildman–Crippen MR) is 315 cm³/mol. The van der Waals surface area contributed by atoms with Gasteiger partial charge in [-0.15, -0.1) is 0 Å². The third-order valence-corrected chi connectivity index (χ3v) is 15.3. The molecular formula is C64H82N8O10. The second-order valence-corrected chi connectivity index (χ2v) is 20.7. The molecule has 18 heteroatoms. The zero-order valence-electron chi connectivity index (χ0n) is 48.8. The summed E-state index contributed by atoms with van der Waals surface area (Å²) >= 11 is 0. The molecule has 0 aromatic heterocycles. The third kappa shape index (κ3) is 18.4. The van der Waals surface area contributed by atoms with E-state index in [-0.39, 0.29) is 60.7 Å². The molecule has 2 fully saturated rings. The summed E-state index contributed by atoms with van der Waals surface area (Å²) in [5.74, 6) is 10.9. The number of nitrogens with zero attached hydrogens (tertiary/aromatic N) is 4. The minimum absolute atomic E-state index is 0.111. The summed E-state index contributed by atoms with van der Waals surface area (Å²) in [6, 6.07) is 29.9. The van der Waals surface area contributed by atoms with E-state index >= 15 is 0 Å². The number of hydrogen-bond donors (Lipinski definition) is 4. The summed E-state index contributed by atoms with van der Waals surface area (Å²) in [5, 5.41) is 11.7. The highest BCUT2D eigenvalue weighted by Gasteiger charge is 2.40. The van der Waals surface area contributed by atoms with Crippen LogP contribution in [-0.4, -0.2) is 184 Å². The molecule has 2 aliphatic heterocycles. The molecule has 82 heavy (non-hydrogen) atoms. The Kier molecular flexibility index (Phi) is 25.3. The maximum atomic E-state index is 14.6. The molecule has 0 unspecified atom stereocenters. The van der Waals surface area contributed by atoms with Gasteiger partial charge < -0.3 is 59.8 Å². The van der Waals surface area contributed by atoms with E-state index in [1.807, 2.05) is 60.7 Å². The third-order valence-electron chi connectivity index (χ3n) is 15.3. The van der Waals surface area contributed by atoms with E-state index in [1.165, 1.54) is 0 Å². The van der Waals surface area contributed by atoms with E-state index < -0.39 is 36.4 Å². The van der Waals surface area contributed by atoms with Crippen LogP contribution in [-0.2, 0) is 41.5 Å². The molecule has 2 heterocycles. The molecule has 2 aliphatic rings. The van der Waals surface area contributed by atoms with Gasteiger partial charge >= 0.3 is 0 Å². The number of carbonyl (C=O) groups is 6. The second kappa shape index (κ2) is 32.6. The summed E-state index contributed by atoms with van der Waals surface area (Å²) in [5.41, 5.74) is 3.19. The van der Waals surface area contributed by atoms with E-state index in [0.717, 1.165) is 24.0 Å². The van der Waals surface area contributed by atoms with E-state index in [0.29, 0.717) is 87.6 Å². The maximum Gasteiger partial charge on any atom is 0.253 e. The van der Waals surface area contributed by atoms with Crippen molar-refractivity contribution in [3.63, 3.8) is 0 Å². The first kappa shape index (κ1) is 63.4. The van der Waals surface area contributed by atoms with E-state index in [4.69, 9.17) is 18.9 Å². The van der Waals surface area contributed by atoms with Gasteiger partial charge in [0.05, 0.1) is 38.5 Å². The monoisotopic (exact) mass is 1120 g/mol. The normalized spacial score (nSPS) is 16.8. The Morgan fingerprint density at radius 3 is 1.26 bits per heavy atom. The van der Waals surface area contributed by atoms with Crippen molar-refractivity contribution >= 4 is 35.4 Å². The number of methoxy groups -OCH3 is 2. The summed E-state index contributed by atoms with van der Waals surface area (Å²) in [7, 11) is 6.47. The first-order valence-electron chi connectivity index (χ1n) is 28.4. The molecule has 8 atom stereocenters. The lowest BCUT2D eigenvalue weighted by Crippen LogP contribution is -2.58. The first-order valence-corrected chi connectivity index (χ1v) is 28.4. The average Bonchev–Trinajstić information content (AvgIpc) is 4.39. The summed E-state index contributed by atoms with van der Waals surface area (Å²) < 4.78 is 22.9. The number of likely N-dealkylation sites (N-methyl/N-ethyl adjacent to an activating group) is 2. The Hall–Kier alpha value is -7.74. The number of carbonyl (C=O) groups excluding carboxylic acids is 6. The van der Waals surface area contributed by atoms with Crippen LogP contribution in [0.5, 0.6) is 11.5 Å². The van der Waals surface area contributed by atoms with Gasteiger partial charge in [0.1, 0.15) is 36.8 Å². The Bertz CT molecular complexity index is 2640. The Morgan fingerprint density at radius 2 is 0.915 bits per heavy atom. The molecule has 18 nitrogen and oxygen atoms in total. The standard InChI is InChI=1S/C64H82N8O10/c1-45(65-5)59(73)67-57(63(77)71-37-19-25-53(71)43-69(39-35-49-21-13-11-14-22-49)61(75)51-27-31-55(79-7)32-28-51)47(3)81-41-17-9-10-18-42-82-48(4)58(68-60(74)46(2)66-6)64(78)72-38-20-26-54(72)44-70(40-36-50-23-15-12-16-24-50)62(76)52-29-33-56(80-8)34-30-52/h11-16,21-24,27-34,45-48,53-54,57-58,65-66H,19-20,25-26,35-44H2,1-8H3,(H,67,73)(H,68,74)/t45-,46-,47+,48+,53-,54-,57-,58-/m0/s1. The number of likely N-dealkylation sites (tertiary alicyclic amines) is 2. The van der Waals surface area contributed by atoms with Crippen molar-refractivity contribution in [2.45, 2.75) is 115 Å². The van der Waals surface area contributed by atoms with Crippen LogP contribution >= 0.6 is 0 Å². The lowest BCUT2D eigenvalue weighted by Gasteiger charge is -2.35. The van der Waals surface area contributed by atoms with Crippen LogP contribution < -0.4 is 30.7 Å². The zero-order valence-corrected chi connectivity index (χ0v) is 48.8. The van der Waals surface area contributed by atoms with Gasteiger partial charge in [-0.05, 0) is 152 Å². The van der Waals surface area contributed by atoms with Crippen LogP contribution in [0.3, 0.4) is 0 Å². The first-order chi connectivity index (χ1) is 39.6. The van der Waals surface area contributed by atoms with Crippen molar-refractivity contribution in [2.75, 3.05) is 80.8 Å². The van der Waals surface area contributed by atoms with E-state index in [9.17, 15) is 28.8 Å².